The summed E-state index contributed by atoms with van der Waals surface area (Å²) in [5.74, 6) is 2.87. The third-order valence-corrected chi connectivity index (χ3v) is 8.60. The van der Waals surface area contributed by atoms with Crippen molar-refractivity contribution in [2.45, 2.75) is 12.2 Å². The van der Waals surface area contributed by atoms with Crippen LogP contribution < -0.4 is 31.9 Å². The largest absolute Gasteiger partial charge is 0.368 e. The fourth-order valence-electron chi connectivity index (χ4n) is 5.87. The fourth-order valence-corrected chi connectivity index (χ4v) is 5.87. The van der Waals surface area contributed by atoms with Crippen LogP contribution in [0.25, 0.3) is 12.2 Å². The van der Waals surface area contributed by atoms with Crippen molar-refractivity contribution in [3.05, 3.63) is 132 Å². The zero-order valence-electron chi connectivity index (χ0n) is 29.4. The Kier molecular flexibility index (Phi) is 10.9. The first-order valence-electron chi connectivity index (χ1n) is 17.9. The van der Waals surface area contributed by atoms with Crippen LogP contribution in [-0.2, 0) is 9.47 Å². The van der Waals surface area contributed by atoms with Crippen molar-refractivity contribution in [2.24, 2.45) is 0 Å². The van der Waals surface area contributed by atoms with Gasteiger partial charge in [-0.05, 0) is 59.7 Å². The van der Waals surface area contributed by atoms with E-state index in [9.17, 15) is 0 Å². The van der Waals surface area contributed by atoms with Crippen LogP contribution in [0.4, 0.5) is 46.5 Å². The predicted molar refractivity (Wildman–Crippen MR) is 211 cm³/mol. The van der Waals surface area contributed by atoms with Crippen LogP contribution in [0.3, 0.4) is 0 Å². The molecule has 4 heterocycles. The molecule has 8 rings (SSSR count). The molecule has 2 aliphatic rings. The van der Waals surface area contributed by atoms with Gasteiger partial charge in [0.1, 0.15) is 12.2 Å². The number of anilines is 8. The van der Waals surface area contributed by atoms with E-state index in [4.69, 9.17) is 19.4 Å². The van der Waals surface area contributed by atoms with Gasteiger partial charge in [0.15, 0.2) is 11.6 Å². The first-order valence-corrected chi connectivity index (χ1v) is 17.9. The molecule has 0 bridgehead atoms. The number of nitrogens with one attached hydrogen (secondary N) is 6. The van der Waals surface area contributed by atoms with Crippen molar-refractivity contribution < 1.29 is 9.47 Å². The van der Waals surface area contributed by atoms with Crippen LogP contribution in [0, 0.1) is 0 Å². The number of para-hydroxylation sites is 2. The monoisotopic (exact) mass is 720 g/mol. The summed E-state index contributed by atoms with van der Waals surface area (Å²) in [5.41, 5.74) is 5.56. The van der Waals surface area contributed by atoms with E-state index in [-0.39, 0.29) is 12.2 Å². The van der Waals surface area contributed by atoms with Crippen LogP contribution in [0.15, 0.2) is 109 Å². The molecule has 0 saturated carbocycles. The molecule has 14 heteroatoms. The first-order chi connectivity index (χ1) is 26.7. The lowest BCUT2D eigenvalue weighted by Crippen LogP contribution is -2.34. The molecule has 2 aromatic heterocycles. The molecule has 2 atom stereocenters. The van der Waals surface area contributed by atoms with Crippen molar-refractivity contribution in [3.8, 4) is 0 Å². The summed E-state index contributed by atoms with van der Waals surface area (Å²) in [4.78, 5) is 28.0. The van der Waals surface area contributed by atoms with Crippen molar-refractivity contribution >= 4 is 58.7 Å². The van der Waals surface area contributed by atoms with Crippen LogP contribution in [0.5, 0.6) is 0 Å². The van der Waals surface area contributed by atoms with Gasteiger partial charge in [0, 0.05) is 48.9 Å². The summed E-state index contributed by atoms with van der Waals surface area (Å²) >= 11 is 0. The molecule has 2 aliphatic heterocycles. The maximum absolute atomic E-state index is 5.94. The summed E-state index contributed by atoms with van der Waals surface area (Å²) in [5, 5.41) is 19.9. The van der Waals surface area contributed by atoms with Gasteiger partial charge in [-0.15, -0.1) is 0 Å². The van der Waals surface area contributed by atoms with Gasteiger partial charge in [0.05, 0.1) is 13.2 Å². The summed E-state index contributed by atoms with van der Waals surface area (Å²) in [7, 11) is 0. The molecule has 2 fully saturated rings. The number of hydrogen-bond acceptors (Lipinski definition) is 14. The standard InChI is InChI=1S/C40H40N12O2/c1-3-7-29(8-4-1)43-37-47-35(33-25-41-21-23-53-33)49-39(51-37)45-31-17-13-27(14-18-31)11-12-28-15-19-32(20-16-28)46-40-50-36(34-26-42-22-24-54-34)48-38(52-40)44-30-9-5-2-6-10-30/h1-20,33-34,41-42H,21-26H2,(H2,43,45,47,49,51)(H2,44,46,48,50,52). The van der Waals surface area contributed by atoms with Gasteiger partial charge in [-0.3, -0.25) is 0 Å². The molecule has 272 valence electrons. The lowest BCUT2D eigenvalue weighted by Gasteiger charge is -2.23. The Hall–Kier alpha value is -6.32. The average Bonchev–Trinajstić information content (AvgIpc) is 3.22. The molecule has 2 saturated heterocycles. The van der Waals surface area contributed by atoms with Crippen LogP contribution in [0.2, 0.25) is 0 Å². The Morgan fingerprint density at radius 2 is 0.796 bits per heavy atom. The van der Waals surface area contributed by atoms with Crippen LogP contribution in [-0.4, -0.2) is 69.3 Å². The highest BCUT2D eigenvalue weighted by Gasteiger charge is 2.22. The minimum atomic E-state index is -0.262. The molecule has 0 aliphatic carbocycles. The zero-order chi connectivity index (χ0) is 36.4. The Morgan fingerprint density at radius 3 is 1.13 bits per heavy atom. The third kappa shape index (κ3) is 9.36. The minimum absolute atomic E-state index is 0.262. The molecule has 0 radical (unpaired) electrons. The normalized spacial score (nSPS) is 17.2. The molecule has 6 N–H and O–H groups in total. The highest BCUT2D eigenvalue weighted by atomic mass is 16.5. The van der Waals surface area contributed by atoms with Gasteiger partial charge in [-0.1, -0.05) is 72.8 Å². The van der Waals surface area contributed by atoms with Gasteiger partial charge >= 0.3 is 0 Å². The van der Waals surface area contributed by atoms with Gasteiger partial charge in [-0.2, -0.15) is 29.9 Å². The number of hydrogen-bond donors (Lipinski definition) is 6. The quantitative estimate of drug-likeness (QED) is 0.0756. The number of nitrogens with zero attached hydrogens (tertiary/aromatic N) is 6. The van der Waals surface area contributed by atoms with E-state index in [1.807, 2.05) is 109 Å². The van der Waals surface area contributed by atoms with Crippen molar-refractivity contribution in [3.63, 3.8) is 0 Å². The van der Waals surface area contributed by atoms with E-state index in [2.05, 4.69) is 64.0 Å². The number of morpholine rings is 2. The van der Waals surface area contributed by atoms with E-state index >= 15 is 0 Å². The zero-order valence-corrected chi connectivity index (χ0v) is 29.4. The summed E-state index contributed by atoms with van der Waals surface area (Å²) < 4.78 is 11.9. The highest BCUT2D eigenvalue weighted by Crippen LogP contribution is 2.25. The Balaban J connectivity index is 0.924. The number of benzene rings is 4. The lowest BCUT2D eigenvalue weighted by atomic mass is 10.1. The Morgan fingerprint density at radius 1 is 0.444 bits per heavy atom. The predicted octanol–water partition coefficient (Wildman–Crippen LogP) is 6.52. The molecular weight excluding hydrogens is 681 g/mol. The van der Waals surface area contributed by atoms with Crippen molar-refractivity contribution in [1.82, 2.24) is 40.5 Å². The van der Waals surface area contributed by atoms with Crippen LogP contribution >= 0.6 is 0 Å². The second-order valence-electron chi connectivity index (χ2n) is 12.6. The lowest BCUT2D eigenvalue weighted by molar-refractivity contribution is 0.0221. The van der Waals surface area contributed by atoms with Gasteiger partial charge in [0.25, 0.3) is 0 Å². The molecule has 0 amide bonds. The average molecular weight is 721 g/mol. The molecular formula is C40H40N12O2. The topological polar surface area (TPSA) is 168 Å². The number of aromatic nitrogens is 6. The molecule has 6 aromatic rings. The second kappa shape index (κ2) is 17.0. The smallest absolute Gasteiger partial charge is 0.232 e. The van der Waals surface area contributed by atoms with E-state index < -0.39 is 0 Å². The number of rotatable bonds is 12. The van der Waals surface area contributed by atoms with Crippen molar-refractivity contribution in [2.75, 3.05) is 60.7 Å². The summed E-state index contributed by atoms with van der Waals surface area (Å²) in [6.45, 7) is 4.07. The van der Waals surface area contributed by atoms with E-state index in [1.165, 1.54) is 0 Å². The van der Waals surface area contributed by atoms with E-state index in [1.54, 1.807) is 0 Å². The van der Waals surface area contributed by atoms with Crippen molar-refractivity contribution in [1.29, 1.82) is 0 Å². The van der Waals surface area contributed by atoms with Gasteiger partial charge in [0.2, 0.25) is 23.8 Å². The Bertz CT molecular complexity index is 1990. The van der Waals surface area contributed by atoms with E-state index in [0.717, 1.165) is 47.0 Å². The minimum Gasteiger partial charge on any atom is -0.368 e. The highest BCUT2D eigenvalue weighted by molar-refractivity contribution is 5.72. The first kappa shape index (κ1) is 34.7. The van der Waals surface area contributed by atoms with Crippen LogP contribution in [0.1, 0.15) is 35.0 Å². The Labute approximate surface area is 313 Å². The summed E-state index contributed by atoms with van der Waals surface area (Å²) in [6.07, 6.45) is 3.62. The fraction of sp³-hybridized carbons (Fsp3) is 0.200. The summed E-state index contributed by atoms with van der Waals surface area (Å²) in [6, 6.07) is 35.8. The van der Waals surface area contributed by atoms with Gasteiger partial charge < -0.3 is 41.4 Å². The second-order valence-corrected chi connectivity index (χ2v) is 12.6. The maximum Gasteiger partial charge on any atom is 0.232 e. The molecule has 54 heavy (non-hydrogen) atoms. The maximum atomic E-state index is 5.94. The molecule has 14 nitrogen and oxygen atoms in total. The molecule has 0 spiro atoms. The third-order valence-electron chi connectivity index (χ3n) is 8.60. The molecule has 2 unspecified atom stereocenters. The SMILES string of the molecule is C(=Cc1ccc(Nc2nc(Nc3ccccc3)nc(C3CNCCO3)n2)cc1)c1ccc(Nc2nc(Nc3ccccc3)nc(C3CNCCO3)n2)cc1. The van der Waals surface area contributed by atoms with Gasteiger partial charge in [-0.25, -0.2) is 0 Å². The van der Waals surface area contributed by atoms with E-state index in [0.29, 0.717) is 61.7 Å². The molecule has 4 aromatic carbocycles. The number of ether oxygens (including phenoxy) is 2.